The standard InChI is InChI=1S/C17H25NO6/c1-10(2)11(3)18-14(19)9-24-17(20)12-7-8-13(21-4)16(23-6)15(12)22-5/h7-8,10-11H,9H2,1-6H3,(H,18,19)/t11-/m1/s1. The van der Waals surface area contributed by atoms with Crippen LogP contribution < -0.4 is 19.5 Å². The summed E-state index contributed by atoms with van der Waals surface area (Å²) in [5.74, 6) is 0.152. The molecule has 1 rings (SSSR count). The normalized spacial score (nSPS) is 11.6. The molecule has 0 saturated carbocycles. The topological polar surface area (TPSA) is 83.1 Å². The molecule has 0 aromatic heterocycles. The van der Waals surface area contributed by atoms with E-state index in [1.165, 1.54) is 27.4 Å². The van der Waals surface area contributed by atoms with Gasteiger partial charge in [0.25, 0.3) is 5.91 Å². The Kier molecular flexibility index (Phi) is 7.35. The van der Waals surface area contributed by atoms with Crippen LogP contribution in [0.4, 0.5) is 0 Å². The van der Waals surface area contributed by atoms with Crippen molar-refractivity contribution in [3.63, 3.8) is 0 Å². The maximum Gasteiger partial charge on any atom is 0.342 e. The molecule has 7 nitrogen and oxygen atoms in total. The molecule has 0 aliphatic carbocycles. The van der Waals surface area contributed by atoms with Crippen molar-refractivity contribution < 1.29 is 28.5 Å². The Labute approximate surface area is 142 Å². The fraction of sp³-hybridized carbons (Fsp3) is 0.529. The van der Waals surface area contributed by atoms with Gasteiger partial charge >= 0.3 is 5.97 Å². The Hall–Kier alpha value is -2.44. The van der Waals surface area contributed by atoms with Gasteiger partial charge in [0, 0.05) is 6.04 Å². The number of rotatable bonds is 8. The van der Waals surface area contributed by atoms with E-state index in [0.717, 1.165) is 0 Å². The average Bonchev–Trinajstić information content (AvgIpc) is 2.57. The van der Waals surface area contributed by atoms with Crippen molar-refractivity contribution in [2.75, 3.05) is 27.9 Å². The zero-order valence-corrected chi connectivity index (χ0v) is 15.0. The molecule has 1 atom stereocenters. The van der Waals surface area contributed by atoms with E-state index in [2.05, 4.69) is 5.32 Å². The van der Waals surface area contributed by atoms with Crippen molar-refractivity contribution in [1.29, 1.82) is 0 Å². The summed E-state index contributed by atoms with van der Waals surface area (Å²) in [6.07, 6.45) is 0. The number of hydrogen-bond donors (Lipinski definition) is 1. The zero-order valence-electron chi connectivity index (χ0n) is 15.0. The lowest BCUT2D eigenvalue weighted by Crippen LogP contribution is -2.38. The fourth-order valence-electron chi connectivity index (χ4n) is 1.93. The molecule has 0 radical (unpaired) electrons. The number of methoxy groups -OCH3 is 3. The summed E-state index contributed by atoms with van der Waals surface area (Å²) in [6.45, 7) is 5.51. The Morgan fingerprint density at radius 3 is 2.12 bits per heavy atom. The van der Waals surface area contributed by atoms with Crippen molar-refractivity contribution in [3.8, 4) is 17.2 Å². The van der Waals surface area contributed by atoms with Crippen LogP contribution in [-0.2, 0) is 9.53 Å². The van der Waals surface area contributed by atoms with E-state index in [0.29, 0.717) is 5.75 Å². The highest BCUT2D eigenvalue weighted by atomic mass is 16.5. The quantitative estimate of drug-likeness (QED) is 0.730. The third-order valence-electron chi connectivity index (χ3n) is 3.65. The van der Waals surface area contributed by atoms with Gasteiger partial charge in [-0.1, -0.05) is 13.8 Å². The van der Waals surface area contributed by atoms with Crippen LogP contribution in [0.15, 0.2) is 12.1 Å². The van der Waals surface area contributed by atoms with Gasteiger partial charge in [-0.25, -0.2) is 4.79 Å². The van der Waals surface area contributed by atoms with Gasteiger partial charge in [0.05, 0.1) is 21.3 Å². The van der Waals surface area contributed by atoms with Crippen molar-refractivity contribution in [2.24, 2.45) is 5.92 Å². The molecule has 134 valence electrons. The Morgan fingerprint density at radius 1 is 1.00 bits per heavy atom. The predicted molar refractivity (Wildman–Crippen MR) is 88.8 cm³/mol. The van der Waals surface area contributed by atoms with Gasteiger partial charge in [-0.2, -0.15) is 0 Å². The van der Waals surface area contributed by atoms with E-state index in [-0.39, 0.29) is 41.5 Å². The van der Waals surface area contributed by atoms with Gasteiger partial charge < -0.3 is 24.3 Å². The van der Waals surface area contributed by atoms with E-state index in [1.807, 2.05) is 20.8 Å². The number of esters is 1. The largest absolute Gasteiger partial charge is 0.493 e. The lowest BCUT2D eigenvalue weighted by Gasteiger charge is -2.18. The molecular weight excluding hydrogens is 314 g/mol. The van der Waals surface area contributed by atoms with Crippen molar-refractivity contribution in [2.45, 2.75) is 26.8 Å². The molecule has 0 heterocycles. The SMILES string of the molecule is COc1ccc(C(=O)OCC(=O)N[C@H](C)C(C)C)c(OC)c1OC. The molecule has 0 fully saturated rings. The second kappa shape index (κ2) is 9.00. The number of hydrogen-bond acceptors (Lipinski definition) is 6. The molecule has 1 aromatic rings. The number of carbonyl (C=O) groups excluding carboxylic acids is 2. The van der Waals surface area contributed by atoms with Crippen LogP contribution in [0.3, 0.4) is 0 Å². The molecule has 24 heavy (non-hydrogen) atoms. The predicted octanol–water partition coefficient (Wildman–Crippen LogP) is 2.03. The molecule has 1 aromatic carbocycles. The molecule has 0 aliphatic rings. The van der Waals surface area contributed by atoms with Crippen molar-refractivity contribution >= 4 is 11.9 Å². The lowest BCUT2D eigenvalue weighted by molar-refractivity contribution is -0.125. The van der Waals surface area contributed by atoms with Crippen molar-refractivity contribution in [3.05, 3.63) is 17.7 Å². The van der Waals surface area contributed by atoms with Gasteiger partial charge in [-0.3, -0.25) is 4.79 Å². The molecule has 0 saturated heterocycles. The van der Waals surface area contributed by atoms with Crippen LogP contribution in [0, 0.1) is 5.92 Å². The second-order valence-electron chi connectivity index (χ2n) is 5.56. The highest BCUT2D eigenvalue weighted by Crippen LogP contribution is 2.39. The van der Waals surface area contributed by atoms with Gasteiger partial charge in [0.1, 0.15) is 5.56 Å². The van der Waals surface area contributed by atoms with Gasteiger partial charge in [0.15, 0.2) is 18.1 Å². The summed E-state index contributed by atoms with van der Waals surface area (Å²) < 4.78 is 20.7. The van der Waals surface area contributed by atoms with E-state index in [4.69, 9.17) is 18.9 Å². The Morgan fingerprint density at radius 2 is 1.62 bits per heavy atom. The first-order chi connectivity index (χ1) is 11.3. The number of ether oxygens (including phenoxy) is 4. The molecule has 0 bridgehead atoms. The zero-order chi connectivity index (χ0) is 18.3. The lowest BCUT2D eigenvalue weighted by atomic mass is 10.1. The summed E-state index contributed by atoms with van der Waals surface area (Å²) >= 11 is 0. The minimum Gasteiger partial charge on any atom is -0.493 e. The average molecular weight is 339 g/mol. The summed E-state index contributed by atoms with van der Waals surface area (Å²) in [5, 5.41) is 2.76. The van der Waals surface area contributed by atoms with Gasteiger partial charge in [-0.15, -0.1) is 0 Å². The molecule has 1 amide bonds. The highest BCUT2D eigenvalue weighted by Gasteiger charge is 2.22. The first-order valence-electron chi connectivity index (χ1n) is 7.61. The van der Waals surface area contributed by atoms with Crippen LogP contribution in [0.25, 0.3) is 0 Å². The second-order valence-corrected chi connectivity index (χ2v) is 5.56. The molecule has 0 unspecified atom stereocenters. The molecule has 0 spiro atoms. The number of nitrogens with one attached hydrogen (secondary N) is 1. The van der Waals surface area contributed by atoms with E-state index in [1.54, 1.807) is 6.07 Å². The monoisotopic (exact) mass is 339 g/mol. The highest BCUT2D eigenvalue weighted by molar-refractivity contribution is 5.95. The van der Waals surface area contributed by atoms with E-state index in [9.17, 15) is 9.59 Å². The third kappa shape index (κ3) is 4.78. The number of amides is 1. The number of benzene rings is 1. The third-order valence-corrected chi connectivity index (χ3v) is 3.65. The van der Waals surface area contributed by atoms with Crippen LogP contribution in [-0.4, -0.2) is 45.9 Å². The maximum absolute atomic E-state index is 12.2. The Balaban J connectivity index is 2.83. The molecular formula is C17H25NO6. The van der Waals surface area contributed by atoms with Crippen LogP contribution in [0.1, 0.15) is 31.1 Å². The first kappa shape index (κ1) is 19.6. The fourth-order valence-corrected chi connectivity index (χ4v) is 1.93. The van der Waals surface area contributed by atoms with Crippen LogP contribution in [0.2, 0.25) is 0 Å². The smallest absolute Gasteiger partial charge is 0.342 e. The molecule has 1 N–H and O–H groups in total. The Bertz CT molecular complexity index is 585. The minimum atomic E-state index is -0.680. The maximum atomic E-state index is 12.2. The summed E-state index contributed by atoms with van der Waals surface area (Å²) in [6, 6.07) is 3.06. The minimum absolute atomic E-state index is 0.00758. The number of carbonyl (C=O) groups is 2. The van der Waals surface area contributed by atoms with E-state index < -0.39 is 5.97 Å². The van der Waals surface area contributed by atoms with Gasteiger partial charge in [0.2, 0.25) is 5.75 Å². The summed E-state index contributed by atoms with van der Waals surface area (Å²) in [7, 11) is 4.33. The molecule has 0 aliphatic heterocycles. The molecule has 7 heteroatoms. The first-order valence-corrected chi connectivity index (χ1v) is 7.61. The van der Waals surface area contributed by atoms with Gasteiger partial charge in [-0.05, 0) is 25.0 Å². The summed E-state index contributed by atoms with van der Waals surface area (Å²) in [4.78, 5) is 24.0. The van der Waals surface area contributed by atoms with Crippen LogP contribution in [0.5, 0.6) is 17.2 Å². The van der Waals surface area contributed by atoms with Crippen molar-refractivity contribution in [1.82, 2.24) is 5.32 Å². The van der Waals surface area contributed by atoms with Crippen LogP contribution >= 0.6 is 0 Å². The van der Waals surface area contributed by atoms with E-state index >= 15 is 0 Å². The summed E-state index contributed by atoms with van der Waals surface area (Å²) in [5.41, 5.74) is 0.153.